The molecule has 1 aromatic rings. The Kier molecular flexibility index (Phi) is 4.97. The number of carboxylic acids is 1. The van der Waals surface area contributed by atoms with Gasteiger partial charge < -0.3 is 20.1 Å². The molecule has 2 N–H and O–H groups in total. The Morgan fingerprint density at radius 3 is 2.30 bits per heavy atom. The second-order valence-corrected chi connectivity index (χ2v) is 9.42. The molecule has 2 heterocycles. The first-order chi connectivity index (χ1) is 12.5. The Balaban J connectivity index is 1.76. The molecule has 2 saturated heterocycles. The van der Waals surface area contributed by atoms with E-state index in [9.17, 15) is 14.7 Å². The molecular formula is C21H30N2O4. The summed E-state index contributed by atoms with van der Waals surface area (Å²) in [5.41, 5.74) is 0.0768. The molecule has 1 aromatic carbocycles. The Labute approximate surface area is 160 Å². The number of likely N-dealkylation sites (tertiary alicyclic amines) is 1. The van der Waals surface area contributed by atoms with Crippen LogP contribution in [0.2, 0.25) is 0 Å². The standard InChI is InChI=1S/C21H30N2O4/c1-19(2)12-21(13-20(3,4)22-19)14-23(10-16(21)17(24)25)18(26)27-11-15-8-6-5-7-9-15/h5-9,16,22H,10-14H2,1-4H3,(H,24,25). The minimum atomic E-state index is -0.832. The maximum Gasteiger partial charge on any atom is 0.410 e. The first-order valence-electron chi connectivity index (χ1n) is 9.50. The van der Waals surface area contributed by atoms with E-state index < -0.39 is 23.4 Å². The smallest absolute Gasteiger partial charge is 0.410 e. The van der Waals surface area contributed by atoms with E-state index in [0.29, 0.717) is 19.4 Å². The van der Waals surface area contributed by atoms with Crippen molar-refractivity contribution in [2.45, 2.75) is 58.2 Å². The topological polar surface area (TPSA) is 78.9 Å². The van der Waals surface area contributed by atoms with Crippen molar-refractivity contribution >= 4 is 12.1 Å². The van der Waals surface area contributed by atoms with Gasteiger partial charge in [0.25, 0.3) is 0 Å². The van der Waals surface area contributed by atoms with Gasteiger partial charge in [0, 0.05) is 29.6 Å². The van der Waals surface area contributed by atoms with Gasteiger partial charge in [-0.25, -0.2) is 4.79 Å². The fraction of sp³-hybridized carbons (Fsp3) is 0.619. The lowest BCUT2D eigenvalue weighted by molar-refractivity contribution is -0.146. The van der Waals surface area contributed by atoms with Gasteiger partial charge in [-0.15, -0.1) is 0 Å². The summed E-state index contributed by atoms with van der Waals surface area (Å²) in [4.78, 5) is 26.3. The number of piperidine rings is 1. The van der Waals surface area contributed by atoms with Crippen LogP contribution >= 0.6 is 0 Å². The van der Waals surface area contributed by atoms with E-state index >= 15 is 0 Å². The molecule has 1 unspecified atom stereocenters. The molecule has 2 aliphatic heterocycles. The number of carboxylic acid groups (broad SMARTS) is 1. The van der Waals surface area contributed by atoms with Gasteiger partial charge in [0.2, 0.25) is 0 Å². The van der Waals surface area contributed by atoms with Gasteiger partial charge in [0.1, 0.15) is 6.61 Å². The maximum atomic E-state index is 12.6. The van der Waals surface area contributed by atoms with Crippen LogP contribution in [0, 0.1) is 11.3 Å². The number of carbonyl (C=O) groups excluding carboxylic acids is 1. The van der Waals surface area contributed by atoms with E-state index in [4.69, 9.17) is 4.74 Å². The highest BCUT2D eigenvalue weighted by Crippen LogP contribution is 2.51. The molecule has 6 nitrogen and oxygen atoms in total. The largest absolute Gasteiger partial charge is 0.481 e. The lowest BCUT2D eigenvalue weighted by Gasteiger charge is -2.53. The van der Waals surface area contributed by atoms with Crippen LogP contribution in [0.3, 0.4) is 0 Å². The summed E-state index contributed by atoms with van der Waals surface area (Å²) in [6, 6.07) is 9.50. The summed E-state index contributed by atoms with van der Waals surface area (Å²) in [6.07, 6.45) is 0.988. The Morgan fingerprint density at radius 2 is 1.74 bits per heavy atom. The number of carbonyl (C=O) groups is 2. The average Bonchev–Trinajstić information content (AvgIpc) is 2.88. The molecule has 1 amide bonds. The van der Waals surface area contributed by atoms with Crippen molar-refractivity contribution < 1.29 is 19.4 Å². The molecule has 27 heavy (non-hydrogen) atoms. The fourth-order valence-corrected chi connectivity index (χ4v) is 5.44. The fourth-order valence-electron chi connectivity index (χ4n) is 5.44. The lowest BCUT2D eigenvalue weighted by atomic mass is 9.61. The molecule has 0 bridgehead atoms. The van der Waals surface area contributed by atoms with Crippen LogP contribution in [0.4, 0.5) is 4.79 Å². The molecule has 6 heteroatoms. The van der Waals surface area contributed by atoms with E-state index in [1.54, 1.807) is 4.90 Å². The third-order valence-corrected chi connectivity index (χ3v) is 5.67. The predicted octanol–water partition coefficient (Wildman–Crippen LogP) is 3.27. The van der Waals surface area contributed by atoms with Crippen molar-refractivity contribution in [1.82, 2.24) is 10.2 Å². The molecule has 2 fully saturated rings. The van der Waals surface area contributed by atoms with Crippen LogP contribution in [-0.4, -0.2) is 46.2 Å². The Hall–Kier alpha value is -2.08. The van der Waals surface area contributed by atoms with Crippen LogP contribution in [-0.2, 0) is 16.1 Å². The lowest BCUT2D eigenvalue weighted by Crippen LogP contribution is -2.63. The van der Waals surface area contributed by atoms with Gasteiger partial charge in [-0.2, -0.15) is 0 Å². The highest BCUT2D eigenvalue weighted by molar-refractivity contribution is 5.75. The summed E-state index contributed by atoms with van der Waals surface area (Å²) in [5, 5.41) is 13.5. The summed E-state index contributed by atoms with van der Waals surface area (Å²) in [6.45, 7) is 9.23. The summed E-state index contributed by atoms with van der Waals surface area (Å²) < 4.78 is 5.46. The second kappa shape index (κ2) is 6.82. The van der Waals surface area contributed by atoms with Crippen molar-refractivity contribution in [3.63, 3.8) is 0 Å². The van der Waals surface area contributed by atoms with Crippen LogP contribution < -0.4 is 5.32 Å². The Morgan fingerprint density at radius 1 is 1.15 bits per heavy atom. The number of benzene rings is 1. The number of rotatable bonds is 3. The van der Waals surface area contributed by atoms with Crippen molar-refractivity contribution in [2.75, 3.05) is 13.1 Å². The molecule has 0 aromatic heterocycles. The van der Waals surface area contributed by atoms with Crippen LogP contribution in [0.5, 0.6) is 0 Å². The minimum absolute atomic E-state index is 0.194. The summed E-state index contributed by atoms with van der Waals surface area (Å²) in [5.74, 6) is -1.41. The van der Waals surface area contributed by atoms with Gasteiger partial charge in [0.15, 0.2) is 0 Å². The van der Waals surface area contributed by atoms with Gasteiger partial charge >= 0.3 is 12.1 Å². The summed E-state index contributed by atoms with van der Waals surface area (Å²) in [7, 11) is 0. The molecule has 1 spiro atoms. The number of hydrogen-bond acceptors (Lipinski definition) is 4. The van der Waals surface area contributed by atoms with E-state index in [1.807, 2.05) is 30.3 Å². The van der Waals surface area contributed by atoms with Crippen molar-refractivity contribution in [2.24, 2.45) is 11.3 Å². The maximum absolute atomic E-state index is 12.6. The molecule has 0 radical (unpaired) electrons. The van der Waals surface area contributed by atoms with E-state index in [2.05, 4.69) is 33.0 Å². The molecule has 3 rings (SSSR count). The average molecular weight is 374 g/mol. The summed E-state index contributed by atoms with van der Waals surface area (Å²) >= 11 is 0. The zero-order chi connectivity index (χ0) is 19.9. The monoisotopic (exact) mass is 374 g/mol. The van der Waals surface area contributed by atoms with Gasteiger partial charge in [0.05, 0.1) is 5.92 Å². The molecule has 148 valence electrons. The number of hydrogen-bond donors (Lipinski definition) is 2. The first-order valence-corrected chi connectivity index (χ1v) is 9.50. The number of nitrogens with one attached hydrogen (secondary N) is 1. The zero-order valence-electron chi connectivity index (χ0n) is 16.6. The van der Waals surface area contributed by atoms with Crippen LogP contribution in [0.1, 0.15) is 46.1 Å². The molecule has 0 saturated carbocycles. The predicted molar refractivity (Wildman–Crippen MR) is 102 cm³/mol. The van der Waals surface area contributed by atoms with Crippen molar-refractivity contribution in [1.29, 1.82) is 0 Å². The van der Waals surface area contributed by atoms with Gasteiger partial charge in [-0.1, -0.05) is 30.3 Å². The molecule has 0 aliphatic carbocycles. The van der Waals surface area contributed by atoms with Crippen molar-refractivity contribution in [3.8, 4) is 0 Å². The second-order valence-electron chi connectivity index (χ2n) is 9.42. The highest BCUT2D eigenvalue weighted by Gasteiger charge is 2.58. The van der Waals surface area contributed by atoms with Crippen LogP contribution in [0.25, 0.3) is 0 Å². The molecular weight excluding hydrogens is 344 g/mol. The first kappa shape index (κ1) is 19.7. The minimum Gasteiger partial charge on any atom is -0.481 e. The van der Waals surface area contributed by atoms with Gasteiger partial charge in [-0.3, -0.25) is 4.79 Å². The molecule has 1 atom stereocenters. The molecule has 2 aliphatic rings. The van der Waals surface area contributed by atoms with E-state index in [-0.39, 0.29) is 24.2 Å². The quantitative estimate of drug-likeness (QED) is 0.849. The number of amides is 1. The van der Waals surface area contributed by atoms with E-state index in [1.165, 1.54) is 0 Å². The number of ether oxygens (including phenoxy) is 1. The Bertz CT molecular complexity index is 698. The van der Waals surface area contributed by atoms with Crippen molar-refractivity contribution in [3.05, 3.63) is 35.9 Å². The van der Waals surface area contributed by atoms with Crippen LogP contribution in [0.15, 0.2) is 30.3 Å². The highest BCUT2D eigenvalue weighted by atomic mass is 16.6. The van der Waals surface area contributed by atoms with E-state index in [0.717, 1.165) is 5.56 Å². The number of nitrogens with zero attached hydrogens (tertiary/aromatic N) is 1. The third-order valence-electron chi connectivity index (χ3n) is 5.67. The number of aliphatic carboxylic acids is 1. The third kappa shape index (κ3) is 4.26. The SMILES string of the molecule is CC1(C)CC2(CN(C(=O)OCc3ccccc3)CC2C(=O)O)CC(C)(C)N1. The zero-order valence-corrected chi connectivity index (χ0v) is 16.6. The van der Waals surface area contributed by atoms with Gasteiger partial charge in [-0.05, 0) is 46.1 Å². The normalized spacial score (nSPS) is 25.3.